The van der Waals surface area contributed by atoms with Crippen LogP contribution in [0.15, 0.2) is 0 Å². The monoisotopic (exact) mass is 288 g/mol. The second-order valence-corrected chi connectivity index (χ2v) is 7.55. The zero-order valence-electron chi connectivity index (χ0n) is 14.1. The molecule has 0 unspecified atom stereocenters. The van der Waals surface area contributed by atoms with Gasteiger partial charge < -0.3 is 0 Å². The van der Waals surface area contributed by atoms with Gasteiger partial charge in [0, 0.05) is 6.42 Å². The molecule has 4 heteroatoms. The Bertz CT molecular complexity index is 261. The summed E-state index contributed by atoms with van der Waals surface area (Å²) in [7, 11) is 0. The van der Waals surface area contributed by atoms with Gasteiger partial charge in [-0.15, -0.1) is 0 Å². The molecule has 0 saturated heterocycles. The first kappa shape index (κ1) is 19.4. The van der Waals surface area contributed by atoms with E-state index in [-0.39, 0.29) is 5.97 Å². The minimum atomic E-state index is -0.479. The van der Waals surface area contributed by atoms with Crippen molar-refractivity contribution in [3.8, 4) is 0 Å². The smallest absolute Gasteiger partial charge is 0.269 e. The van der Waals surface area contributed by atoms with Crippen LogP contribution in [0.5, 0.6) is 0 Å². The van der Waals surface area contributed by atoms with Crippen molar-refractivity contribution in [1.29, 1.82) is 0 Å². The lowest BCUT2D eigenvalue weighted by Crippen LogP contribution is -2.20. The van der Waals surface area contributed by atoms with E-state index in [2.05, 4.69) is 30.7 Å². The molecule has 4 nitrogen and oxygen atoms in total. The van der Waals surface area contributed by atoms with Crippen molar-refractivity contribution in [1.82, 2.24) is 0 Å². The first-order valence-electron chi connectivity index (χ1n) is 7.65. The molecule has 0 aliphatic heterocycles. The quantitative estimate of drug-likeness (QED) is 0.341. The molecule has 0 heterocycles. The lowest BCUT2D eigenvalue weighted by Gasteiger charge is -2.17. The van der Waals surface area contributed by atoms with Crippen molar-refractivity contribution in [3.05, 3.63) is 0 Å². The highest BCUT2D eigenvalue weighted by molar-refractivity contribution is 5.68. The molecule has 0 radical (unpaired) electrons. The number of hydrogen-bond acceptors (Lipinski definition) is 4. The lowest BCUT2D eigenvalue weighted by molar-refractivity contribution is -0.514. The van der Waals surface area contributed by atoms with Gasteiger partial charge in [0.15, 0.2) is 0 Å². The first-order valence-corrected chi connectivity index (χ1v) is 7.65. The highest BCUT2D eigenvalue weighted by Gasteiger charge is 2.14. The molecule has 0 aromatic heterocycles. The summed E-state index contributed by atoms with van der Waals surface area (Å²) in [5, 5.41) is 4.44. The summed E-state index contributed by atoms with van der Waals surface area (Å²) in [5.41, 5.74) is -0.0540. The normalized spacial score (nSPS) is 12.5. The van der Waals surface area contributed by atoms with Crippen LogP contribution in [0.4, 0.5) is 0 Å². The topological polar surface area (TPSA) is 44.8 Å². The Morgan fingerprint density at radius 2 is 1.40 bits per heavy atom. The number of carbonyl (C=O) groups excluding carboxylic acids is 1. The van der Waals surface area contributed by atoms with Gasteiger partial charge in [0.2, 0.25) is 0 Å². The van der Waals surface area contributed by atoms with E-state index >= 15 is 0 Å². The van der Waals surface area contributed by atoms with E-state index in [0.717, 1.165) is 12.8 Å². The van der Waals surface area contributed by atoms with Gasteiger partial charge in [0.25, 0.3) is 0 Å². The van der Waals surface area contributed by atoms with E-state index in [9.17, 15) is 4.79 Å². The molecular weight excluding hydrogens is 256 g/mol. The van der Waals surface area contributed by atoms with Gasteiger partial charge >= 0.3 is 5.97 Å². The zero-order chi connectivity index (χ0) is 15.6. The third kappa shape index (κ3) is 15.4. The van der Waals surface area contributed by atoms with Crippen LogP contribution < -0.4 is 0 Å². The second kappa shape index (κ2) is 9.35. The van der Waals surface area contributed by atoms with Crippen LogP contribution in [0.3, 0.4) is 0 Å². The van der Waals surface area contributed by atoms with Crippen molar-refractivity contribution >= 4 is 5.97 Å². The summed E-state index contributed by atoms with van der Waals surface area (Å²) in [6.45, 7) is 12.3. The SMILES string of the molecule is CC(C)(C)CCCCCCCC(=O)OOOC(C)(C)C. The first-order chi connectivity index (χ1) is 9.10. The van der Waals surface area contributed by atoms with Crippen molar-refractivity contribution in [2.75, 3.05) is 0 Å². The van der Waals surface area contributed by atoms with Gasteiger partial charge in [0.05, 0.1) is 5.60 Å². The minimum absolute atomic E-state index is 0.371. The molecule has 0 bridgehead atoms. The predicted octanol–water partition coefficient (Wildman–Crippen LogP) is 4.97. The maximum atomic E-state index is 11.3. The largest absolute Gasteiger partial charge is 0.345 e. The van der Waals surface area contributed by atoms with Gasteiger partial charge in [-0.2, -0.15) is 4.89 Å². The zero-order valence-corrected chi connectivity index (χ0v) is 14.1. The summed E-state index contributed by atoms with van der Waals surface area (Å²) >= 11 is 0. The molecule has 0 amide bonds. The summed E-state index contributed by atoms with van der Waals surface area (Å²) in [6.07, 6.45) is 7.20. The van der Waals surface area contributed by atoms with E-state index < -0.39 is 5.60 Å². The van der Waals surface area contributed by atoms with Gasteiger partial charge in [-0.25, -0.2) is 4.79 Å². The van der Waals surface area contributed by atoms with Crippen LogP contribution in [0.25, 0.3) is 0 Å². The molecule has 0 spiro atoms. The fourth-order valence-corrected chi connectivity index (χ4v) is 1.65. The third-order valence-corrected chi connectivity index (χ3v) is 2.72. The van der Waals surface area contributed by atoms with Gasteiger partial charge in [0.1, 0.15) is 0 Å². The molecular formula is C16H32O4. The van der Waals surface area contributed by atoms with Crippen LogP contribution in [-0.4, -0.2) is 11.6 Å². The minimum Gasteiger partial charge on any atom is -0.269 e. The average molecular weight is 288 g/mol. The van der Waals surface area contributed by atoms with E-state index in [1.165, 1.54) is 25.7 Å². The van der Waals surface area contributed by atoms with E-state index in [1.54, 1.807) is 0 Å². The molecule has 0 aromatic rings. The van der Waals surface area contributed by atoms with E-state index in [1.807, 2.05) is 20.8 Å². The Morgan fingerprint density at radius 1 is 0.850 bits per heavy atom. The van der Waals surface area contributed by atoms with E-state index in [4.69, 9.17) is 4.89 Å². The van der Waals surface area contributed by atoms with Crippen molar-refractivity contribution in [2.24, 2.45) is 5.41 Å². The van der Waals surface area contributed by atoms with Gasteiger partial charge in [-0.3, -0.25) is 4.89 Å². The molecule has 0 rings (SSSR count). The highest BCUT2D eigenvalue weighted by Crippen LogP contribution is 2.22. The fourth-order valence-electron chi connectivity index (χ4n) is 1.65. The van der Waals surface area contributed by atoms with E-state index in [0.29, 0.717) is 11.8 Å². The highest BCUT2D eigenvalue weighted by atomic mass is 17.5. The molecule has 0 aliphatic rings. The lowest BCUT2D eigenvalue weighted by atomic mass is 9.89. The van der Waals surface area contributed by atoms with Crippen molar-refractivity contribution in [2.45, 2.75) is 92.1 Å². The molecule has 0 atom stereocenters. The number of rotatable bonds is 9. The van der Waals surface area contributed by atoms with Crippen LogP contribution >= 0.6 is 0 Å². The third-order valence-electron chi connectivity index (χ3n) is 2.72. The van der Waals surface area contributed by atoms with Gasteiger partial charge in [-0.1, -0.05) is 46.5 Å². The van der Waals surface area contributed by atoms with Crippen LogP contribution in [0.1, 0.15) is 86.5 Å². The Labute approximate surface area is 124 Å². The molecule has 20 heavy (non-hydrogen) atoms. The number of hydrogen-bond donors (Lipinski definition) is 0. The average Bonchev–Trinajstić information content (AvgIpc) is 2.24. The standard InChI is InChI=1S/C16H32O4/c1-15(2,3)13-11-9-7-8-10-12-14(17)18-20-19-16(4,5)6/h7-13H2,1-6H3. The number of carbonyl (C=O) groups is 1. The Balaban J connectivity index is 3.36. The molecule has 0 aliphatic carbocycles. The van der Waals surface area contributed by atoms with Crippen LogP contribution in [0.2, 0.25) is 0 Å². The van der Waals surface area contributed by atoms with Gasteiger partial charge in [-0.05, 0) is 44.1 Å². The Kier molecular flexibility index (Phi) is 9.06. The maximum absolute atomic E-state index is 11.3. The molecule has 0 aromatic carbocycles. The molecule has 0 saturated carbocycles. The second-order valence-electron chi connectivity index (χ2n) is 7.55. The molecule has 0 fully saturated rings. The fraction of sp³-hybridized carbons (Fsp3) is 0.938. The molecule has 120 valence electrons. The van der Waals surface area contributed by atoms with Crippen LogP contribution in [0, 0.1) is 5.41 Å². The Hall–Kier alpha value is -0.610. The van der Waals surface area contributed by atoms with Crippen LogP contribution in [-0.2, 0) is 19.6 Å². The van der Waals surface area contributed by atoms with Crippen molar-refractivity contribution in [3.63, 3.8) is 0 Å². The number of unbranched alkanes of at least 4 members (excludes halogenated alkanes) is 4. The summed E-state index contributed by atoms with van der Waals surface area (Å²) in [6, 6.07) is 0. The Morgan fingerprint density at radius 3 is 1.95 bits per heavy atom. The summed E-state index contributed by atoms with van der Waals surface area (Å²) in [5.74, 6) is -0.371. The maximum Gasteiger partial charge on any atom is 0.345 e. The molecule has 0 N–H and O–H groups in total. The summed E-state index contributed by atoms with van der Waals surface area (Å²) in [4.78, 5) is 20.7. The summed E-state index contributed by atoms with van der Waals surface area (Å²) < 4.78 is 0. The van der Waals surface area contributed by atoms with Crippen molar-refractivity contribution < 1.29 is 19.6 Å². The predicted molar refractivity (Wildman–Crippen MR) is 79.8 cm³/mol.